The first-order valence-electron chi connectivity index (χ1n) is 18.4. The summed E-state index contributed by atoms with van der Waals surface area (Å²) in [7, 11) is 1.61. The number of thiazole rings is 1. The van der Waals surface area contributed by atoms with Crippen LogP contribution >= 0.6 is 11.3 Å². The van der Waals surface area contributed by atoms with Gasteiger partial charge in [-0.2, -0.15) is 0 Å². The minimum atomic E-state index is -0.901. The zero-order chi connectivity index (χ0) is 37.6. The number of carbonyl (C=O) groups is 2. The summed E-state index contributed by atoms with van der Waals surface area (Å²) in [4.78, 5) is 44.8. The topological polar surface area (TPSA) is 156 Å². The minimum absolute atomic E-state index is 0.0334. The van der Waals surface area contributed by atoms with Gasteiger partial charge in [0.1, 0.15) is 23.1 Å². The number of phenols is 1. The molecule has 0 radical (unpaired) electrons. The number of aromatic amines is 1. The van der Waals surface area contributed by atoms with Crippen molar-refractivity contribution >= 4 is 44.9 Å². The molecule has 12 nitrogen and oxygen atoms in total. The van der Waals surface area contributed by atoms with E-state index in [1.807, 2.05) is 65.6 Å². The molecule has 1 fully saturated rings. The third kappa shape index (κ3) is 8.44. The highest BCUT2D eigenvalue weighted by molar-refractivity contribution is 7.16. The second-order valence-corrected chi connectivity index (χ2v) is 14.7. The number of anilines is 2. The number of nitrogens with one attached hydrogen (secondary N) is 3. The number of piperidine rings is 1. The molecule has 0 aliphatic carbocycles. The van der Waals surface area contributed by atoms with E-state index in [1.54, 1.807) is 13.2 Å². The highest BCUT2D eigenvalue weighted by Gasteiger charge is 2.27. The van der Waals surface area contributed by atoms with Crippen LogP contribution in [-0.4, -0.2) is 78.0 Å². The summed E-state index contributed by atoms with van der Waals surface area (Å²) in [6, 6.07) is 24.7. The lowest BCUT2D eigenvalue weighted by Crippen LogP contribution is -2.41. The first-order valence-corrected chi connectivity index (χ1v) is 19.2. The largest absolute Gasteiger partial charge is 0.506 e. The van der Waals surface area contributed by atoms with Crippen LogP contribution < -0.4 is 25.1 Å². The first-order chi connectivity index (χ1) is 26.3. The number of ether oxygens (including phenoxy) is 2. The lowest BCUT2D eigenvalue weighted by atomic mass is 9.97. The number of fused-ring (bicyclic) bond motifs is 2. The van der Waals surface area contributed by atoms with Crippen LogP contribution in [0.5, 0.6) is 11.5 Å². The van der Waals surface area contributed by atoms with E-state index in [2.05, 4.69) is 26.6 Å². The zero-order valence-electron chi connectivity index (χ0n) is 30.2. The molecule has 0 saturated carbocycles. The molecule has 1 aromatic heterocycles. The quantitative estimate of drug-likeness (QED) is 0.101. The summed E-state index contributed by atoms with van der Waals surface area (Å²) in [5, 5.41) is 27.3. The SMILES string of the molecule is COc1cc2c(cc1CNC[C@H](O)c1ccc(O)c3[nH]c(=O)sc13)CCCN2C(=O)CCN1CCC(OC(=O)Nc2ccccc2-c2ccccc2)CC1. The number of aromatic nitrogens is 1. The fourth-order valence-electron chi connectivity index (χ4n) is 7.40. The smallest absolute Gasteiger partial charge is 0.411 e. The molecule has 5 aromatic rings. The van der Waals surface area contributed by atoms with Crippen LogP contribution in [0.25, 0.3) is 21.3 Å². The summed E-state index contributed by atoms with van der Waals surface area (Å²) in [6.45, 7) is 3.39. The van der Waals surface area contributed by atoms with Crippen molar-refractivity contribution in [3.8, 4) is 22.6 Å². The molecule has 1 atom stereocenters. The number of amides is 2. The van der Waals surface area contributed by atoms with Crippen molar-refractivity contribution in [2.24, 2.45) is 0 Å². The van der Waals surface area contributed by atoms with Crippen LogP contribution in [0.15, 0.2) is 83.7 Å². The van der Waals surface area contributed by atoms with Crippen molar-refractivity contribution < 1.29 is 29.3 Å². The number of hydrogen-bond acceptors (Lipinski definition) is 10. The Morgan fingerprint density at radius 2 is 1.80 bits per heavy atom. The van der Waals surface area contributed by atoms with Crippen LogP contribution in [0.2, 0.25) is 0 Å². The van der Waals surface area contributed by atoms with Gasteiger partial charge in [0, 0.05) is 68.4 Å². The van der Waals surface area contributed by atoms with Crippen LogP contribution in [0.1, 0.15) is 48.5 Å². The number of aliphatic hydroxyl groups excluding tert-OH is 1. The number of rotatable bonds is 12. The Balaban J connectivity index is 0.891. The number of phenolic OH excluding ortho intramolecular Hbond substituents is 1. The molecule has 54 heavy (non-hydrogen) atoms. The van der Waals surface area contributed by atoms with Crippen LogP contribution in [-0.2, 0) is 22.5 Å². The number of H-pyrrole nitrogens is 1. The molecule has 3 heterocycles. The third-order valence-corrected chi connectivity index (χ3v) is 11.1. The van der Waals surface area contributed by atoms with Crippen molar-refractivity contribution in [3.63, 3.8) is 0 Å². The van der Waals surface area contributed by atoms with E-state index in [9.17, 15) is 24.6 Å². The molecule has 0 bridgehead atoms. The van der Waals surface area contributed by atoms with Crippen LogP contribution in [0.4, 0.5) is 16.2 Å². The normalized spacial score (nSPS) is 15.5. The van der Waals surface area contributed by atoms with E-state index in [0.717, 1.165) is 65.2 Å². The molecule has 7 rings (SSSR count). The average Bonchev–Trinajstić information content (AvgIpc) is 3.59. The van der Waals surface area contributed by atoms with Gasteiger partial charge >= 0.3 is 11.0 Å². The zero-order valence-corrected chi connectivity index (χ0v) is 31.0. The van der Waals surface area contributed by atoms with Gasteiger partial charge < -0.3 is 39.8 Å². The Morgan fingerprint density at radius 1 is 1.02 bits per heavy atom. The molecule has 2 aliphatic rings. The van der Waals surface area contributed by atoms with Crippen molar-refractivity contribution in [1.82, 2.24) is 15.2 Å². The number of nitrogens with zero attached hydrogens (tertiary/aromatic N) is 2. The fourth-order valence-corrected chi connectivity index (χ4v) is 8.32. The molecular weight excluding hydrogens is 707 g/mol. The summed E-state index contributed by atoms with van der Waals surface area (Å²) in [5.41, 5.74) is 6.41. The fraction of sp³-hybridized carbons (Fsp3) is 0.341. The average molecular weight is 752 g/mol. The van der Waals surface area contributed by atoms with Gasteiger partial charge in [0.2, 0.25) is 5.91 Å². The Morgan fingerprint density at radius 3 is 2.59 bits per heavy atom. The van der Waals surface area contributed by atoms with Crippen LogP contribution in [0, 0.1) is 0 Å². The minimum Gasteiger partial charge on any atom is -0.506 e. The van der Waals surface area contributed by atoms with E-state index < -0.39 is 12.2 Å². The Labute approximate surface area is 317 Å². The summed E-state index contributed by atoms with van der Waals surface area (Å²) in [6.07, 6.45) is 1.93. The summed E-state index contributed by atoms with van der Waals surface area (Å²) in [5.74, 6) is 0.684. The number of likely N-dealkylation sites (tertiary alicyclic amines) is 1. The van der Waals surface area contributed by atoms with Gasteiger partial charge in [-0.05, 0) is 55.0 Å². The third-order valence-electron chi connectivity index (χ3n) is 10.2. The number of aryl methyl sites for hydroxylation is 1. The number of para-hydroxylation sites is 1. The number of benzene rings is 4. The number of methoxy groups -OCH3 is 1. The molecule has 13 heteroatoms. The van der Waals surface area contributed by atoms with Crippen LogP contribution in [0.3, 0.4) is 0 Å². The molecule has 282 valence electrons. The molecular formula is C41H45N5O7S. The maximum atomic E-state index is 13.6. The van der Waals surface area contributed by atoms with E-state index >= 15 is 0 Å². The van der Waals surface area contributed by atoms with E-state index in [4.69, 9.17) is 9.47 Å². The van der Waals surface area contributed by atoms with Crippen molar-refractivity contribution in [1.29, 1.82) is 0 Å². The maximum Gasteiger partial charge on any atom is 0.411 e. The highest BCUT2D eigenvalue weighted by Crippen LogP contribution is 2.35. The summed E-state index contributed by atoms with van der Waals surface area (Å²) >= 11 is 0.956. The monoisotopic (exact) mass is 751 g/mol. The number of hydrogen-bond donors (Lipinski definition) is 5. The molecule has 0 spiro atoms. The number of aromatic hydroxyl groups is 1. The first kappa shape index (κ1) is 37.1. The van der Waals surface area contributed by atoms with Gasteiger partial charge in [0.05, 0.1) is 29.3 Å². The van der Waals surface area contributed by atoms with E-state index in [1.165, 1.54) is 6.07 Å². The van der Waals surface area contributed by atoms with E-state index in [0.29, 0.717) is 66.1 Å². The maximum absolute atomic E-state index is 13.6. The second-order valence-electron chi connectivity index (χ2n) is 13.7. The predicted octanol–water partition coefficient (Wildman–Crippen LogP) is 6.18. The van der Waals surface area contributed by atoms with Crippen molar-refractivity contribution in [2.45, 2.75) is 50.9 Å². The lowest BCUT2D eigenvalue weighted by Gasteiger charge is -2.33. The second kappa shape index (κ2) is 16.9. The number of carbonyl (C=O) groups excluding carboxylic acids is 2. The molecule has 2 aliphatic heterocycles. The molecule has 1 saturated heterocycles. The molecule has 2 amide bonds. The lowest BCUT2D eigenvalue weighted by molar-refractivity contribution is -0.119. The Bertz CT molecular complexity index is 2160. The number of aliphatic hydroxyl groups is 1. The summed E-state index contributed by atoms with van der Waals surface area (Å²) < 4.78 is 12.1. The van der Waals surface area contributed by atoms with E-state index in [-0.39, 0.29) is 29.2 Å². The predicted molar refractivity (Wildman–Crippen MR) is 211 cm³/mol. The van der Waals surface area contributed by atoms with Gasteiger partial charge in [-0.25, -0.2) is 4.79 Å². The Kier molecular flexibility index (Phi) is 11.6. The highest BCUT2D eigenvalue weighted by atomic mass is 32.1. The standard InChI is InChI=1S/C41H45N5O7S/c1-52-36-23-33-27(22-28(36)24-42-25-35(48)31-13-14-34(47)38-39(31)54-41(51)44-38)10-7-18-46(33)37(49)17-21-45-19-15-29(16-20-45)53-40(50)43-32-12-6-5-11-30(32)26-8-3-2-4-9-26/h2-6,8-9,11-14,22-23,29,35,42,47-48H,7,10,15-21,24-25H2,1H3,(H,43,50)(H,44,51)/t35-/m0/s1. The molecule has 0 unspecified atom stereocenters. The van der Waals surface area contributed by atoms with Gasteiger partial charge in [-0.15, -0.1) is 0 Å². The molecule has 4 aromatic carbocycles. The van der Waals surface area contributed by atoms with Gasteiger partial charge in [-0.3, -0.25) is 14.9 Å². The van der Waals surface area contributed by atoms with Gasteiger partial charge in [-0.1, -0.05) is 65.9 Å². The van der Waals surface area contributed by atoms with Gasteiger partial charge in [0.15, 0.2) is 0 Å². The van der Waals surface area contributed by atoms with Crippen molar-refractivity contribution in [3.05, 3.63) is 105 Å². The van der Waals surface area contributed by atoms with Crippen molar-refractivity contribution in [2.75, 3.05) is 50.1 Å². The Hall–Kier alpha value is -5.21. The van der Waals surface area contributed by atoms with Gasteiger partial charge in [0.25, 0.3) is 0 Å². The molecule has 5 N–H and O–H groups in total.